The Balaban J connectivity index is 1.39. The molecule has 0 aliphatic heterocycles. The Bertz CT molecular complexity index is 1270. The van der Waals surface area contributed by atoms with Crippen molar-refractivity contribution in [2.45, 2.75) is 19.5 Å². The zero-order chi connectivity index (χ0) is 23.8. The van der Waals surface area contributed by atoms with Gasteiger partial charge in [-0.3, -0.25) is 4.79 Å². The van der Waals surface area contributed by atoms with Gasteiger partial charge in [-0.1, -0.05) is 48.0 Å². The van der Waals surface area contributed by atoms with Gasteiger partial charge in [0, 0.05) is 5.02 Å². The van der Waals surface area contributed by atoms with Crippen molar-refractivity contribution in [2.75, 3.05) is 13.2 Å². The van der Waals surface area contributed by atoms with E-state index in [0.717, 1.165) is 34.6 Å². The highest BCUT2D eigenvalue weighted by Gasteiger charge is 2.12. The summed E-state index contributed by atoms with van der Waals surface area (Å²) in [6.07, 6.45) is 2.61. The number of hydrogen-bond acceptors (Lipinski definition) is 4. The number of para-hydroxylation sites is 3. The van der Waals surface area contributed by atoms with E-state index in [9.17, 15) is 4.79 Å². The number of aromatic nitrogens is 2. The van der Waals surface area contributed by atoms with Crippen LogP contribution in [0.5, 0.6) is 11.5 Å². The quantitative estimate of drug-likeness (QED) is 0.303. The summed E-state index contributed by atoms with van der Waals surface area (Å²) >= 11 is 5.88. The predicted octanol–water partition coefficient (Wildman–Crippen LogP) is 5.19. The number of benzene rings is 3. The number of hydrogen-bond donors (Lipinski definition) is 1. The molecule has 4 rings (SSSR count). The van der Waals surface area contributed by atoms with Crippen LogP contribution in [-0.2, 0) is 24.3 Å². The molecule has 0 aliphatic rings. The Kier molecular flexibility index (Phi) is 7.83. The highest BCUT2D eigenvalue weighted by molar-refractivity contribution is 6.30. The molecule has 6 nitrogen and oxygen atoms in total. The van der Waals surface area contributed by atoms with Crippen LogP contribution in [-0.4, -0.2) is 28.7 Å². The molecular weight excluding hydrogens is 450 g/mol. The van der Waals surface area contributed by atoms with Crippen LogP contribution in [0.1, 0.15) is 11.4 Å². The number of carbonyl (C=O) groups excluding carboxylic acids is 1. The maximum atomic E-state index is 12.3. The van der Waals surface area contributed by atoms with Gasteiger partial charge in [0.15, 0.2) is 6.61 Å². The first-order valence-electron chi connectivity index (χ1n) is 11.0. The van der Waals surface area contributed by atoms with Gasteiger partial charge in [-0.25, -0.2) is 4.98 Å². The van der Waals surface area contributed by atoms with E-state index >= 15 is 0 Å². The van der Waals surface area contributed by atoms with Crippen LogP contribution in [0.2, 0.25) is 5.02 Å². The first-order valence-corrected chi connectivity index (χ1v) is 11.4. The minimum absolute atomic E-state index is 0.0922. The van der Waals surface area contributed by atoms with Crippen LogP contribution in [0.15, 0.2) is 85.5 Å². The molecule has 0 unspecified atom stereocenters. The molecule has 0 aliphatic carbocycles. The first-order chi connectivity index (χ1) is 16.6. The first kappa shape index (κ1) is 23.4. The van der Waals surface area contributed by atoms with Gasteiger partial charge in [0.05, 0.1) is 24.1 Å². The lowest BCUT2D eigenvalue weighted by Crippen LogP contribution is -2.29. The van der Waals surface area contributed by atoms with Crippen molar-refractivity contribution < 1.29 is 14.3 Å². The van der Waals surface area contributed by atoms with Crippen LogP contribution in [0.4, 0.5) is 0 Å². The molecule has 34 heavy (non-hydrogen) atoms. The number of carbonyl (C=O) groups is 1. The number of nitrogens with zero attached hydrogens (tertiary/aromatic N) is 2. The summed E-state index contributed by atoms with van der Waals surface area (Å²) in [6, 6.07) is 22.7. The van der Waals surface area contributed by atoms with Gasteiger partial charge in [0.1, 0.15) is 23.9 Å². The molecule has 0 saturated carbocycles. The summed E-state index contributed by atoms with van der Waals surface area (Å²) in [6.45, 7) is 5.07. The van der Waals surface area contributed by atoms with Crippen molar-refractivity contribution in [1.29, 1.82) is 0 Å². The Labute approximate surface area is 203 Å². The second-order valence-corrected chi connectivity index (χ2v) is 8.07. The zero-order valence-corrected chi connectivity index (χ0v) is 19.5. The van der Waals surface area contributed by atoms with Crippen molar-refractivity contribution in [2.24, 2.45) is 0 Å². The maximum Gasteiger partial charge on any atom is 0.258 e. The van der Waals surface area contributed by atoms with E-state index in [1.807, 2.05) is 54.6 Å². The zero-order valence-electron chi connectivity index (χ0n) is 18.7. The number of amides is 1. The van der Waals surface area contributed by atoms with E-state index in [4.69, 9.17) is 26.1 Å². The van der Waals surface area contributed by atoms with Crippen LogP contribution in [0.25, 0.3) is 11.0 Å². The summed E-state index contributed by atoms with van der Waals surface area (Å²) in [5.41, 5.74) is 2.96. The molecule has 0 saturated heterocycles. The van der Waals surface area contributed by atoms with Gasteiger partial charge in [0.25, 0.3) is 5.91 Å². The second kappa shape index (κ2) is 11.4. The van der Waals surface area contributed by atoms with Crippen molar-refractivity contribution in [3.63, 3.8) is 0 Å². The molecule has 0 spiro atoms. The number of halogens is 1. The van der Waals surface area contributed by atoms with Gasteiger partial charge in [-0.2, -0.15) is 0 Å². The van der Waals surface area contributed by atoms with Crippen molar-refractivity contribution in [1.82, 2.24) is 14.9 Å². The standard InChI is InChI=1S/C27H26ClN3O3/c1-2-7-20-8-3-6-11-25(20)33-17-16-31-24-10-5-4-9-23(24)30-26(31)18-29-27(32)19-34-22-14-12-21(28)13-15-22/h2-6,8-15H,1,7,16-19H2,(H,29,32). The molecular formula is C27H26ClN3O3. The Morgan fingerprint density at radius 3 is 2.62 bits per heavy atom. The number of nitrogens with one attached hydrogen (secondary N) is 1. The molecule has 174 valence electrons. The van der Waals surface area contributed by atoms with E-state index in [-0.39, 0.29) is 19.1 Å². The molecule has 0 radical (unpaired) electrons. The number of rotatable bonds is 11. The lowest BCUT2D eigenvalue weighted by atomic mass is 10.1. The monoisotopic (exact) mass is 475 g/mol. The minimum atomic E-state index is -0.233. The van der Waals surface area contributed by atoms with Crippen LogP contribution >= 0.6 is 11.6 Å². The van der Waals surface area contributed by atoms with Gasteiger partial charge >= 0.3 is 0 Å². The lowest BCUT2D eigenvalue weighted by molar-refractivity contribution is -0.123. The van der Waals surface area contributed by atoms with Gasteiger partial charge < -0.3 is 19.4 Å². The van der Waals surface area contributed by atoms with Gasteiger partial charge in [-0.05, 0) is 54.4 Å². The Hall–Kier alpha value is -3.77. The van der Waals surface area contributed by atoms with E-state index < -0.39 is 0 Å². The summed E-state index contributed by atoms with van der Waals surface area (Å²) in [7, 11) is 0. The Morgan fingerprint density at radius 1 is 1.03 bits per heavy atom. The van der Waals surface area contributed by atoms with E-state index in [1.165, 1.54) is 0 Å². The third kappa shape index (κ3) is 5.97. The summed E-state index contributed by atoms with van der Waals surface area (Å²) < 4.78 is 13.7. The lowest BCUT2D eigenvalue weighted by Gasteiger charge is -2.13. The summed E-state index contributed by atoms with van der Waals surface area (Å²) in [5, 5.41) is 3.51. The third-order valence-electron chi connectivity index (χ3n) is 5.27. The van der Waals surface area contributed by atoms with E-state index in [1.54, 1.807) is 24.3 Å². The largest absolute Gasteiger partial charge is 0.491 e. The average Bonchev–Trinajstić information content (AvgIpc) is 3.21. The molecule has 4 aromatic rings. The molecule has 1 N–H and O–H groups in total. The predicted molar refractivity (Wildman–Crippen MR) is 134 cm³/mol. The molecule has 3 aromatic carbocycles. The maximum absolute atomic E-state index is 12.3. The van der Waals surface area contributed by atoms with Gasteiger partial charge in [0.2, 0.25) is 0 Å². The topological polar surface area (TPSA) is 65.4 Å². The van der Waals surface area contributed by atoms with E-state index in [0.29, 0.717) is 23.9 Å². The molecule has 0 atom stereocenters. The smallest absolute Gasteiger partial charge is 0.258 e. The van der Waals surface area contributed by atoms with Crippen molar-refractivity contribution in [3.8, 4) is 11.5 Å². The van der Waals surface area contributed by atoms with Crippen molar-refractivity contribution in [3.05, 3.63) is 102 Å². The summed E-state index contributed by atoms with van der Waals surface area (Å²) in [5.74, 6) is 1.95. The highest BCUT2D eigenvalue weighted by atomic mass is 35.5. The average molecular weight is 476 g/mol. The van der Waals surface area contributed by atoms with Gasteiger partial charge in [-0.15, -0.1) is 6.58 Å². The fourth-order valence-corrected chi connectivity index (χ4v) is 3.76. The fourth-order valence-electron chi connectivity index (χ4n) is 3.63. The Morgan fingerprint density at radius 2 is 1.79 bits per heavy atom. The summed E-state index contributed by atoms with van der Waals surface area (Å²) in [4.78, 5) is 17.1. The fraction of sp³-hybridized carbons (Fsp3) is 0.185. The number of allylic oxidation sites excluding steroid dienone is 1. The minimum Gasteiger partial charge on any atom is -0.491 e. The normalized spacial score (nSPS) is 10.7. The molecule has 1 amide bonds. The number of ether oxygens (including phenoxy) is 2. The van der Waals surface area contributed by atoms with E-state index in [2.05, 4.69) is 16.5 Å². The van der Waals surface area contributed by atoms with Crippen LogP contribution < -0.4 is 14.8 Å². The second-order valence-electron chi connectivity index (χ2n) is 7.64. The number of imidazole rings is 1. The molecule has 1 heterocycles. The third-order valence-corrected chi connectivity index (χ3v) is 5.52. The molecule has 0 fully saturated rings. The van der Waals surface area contributed by atoms with Crippen LogP contribution in [0, 0.1) is 0 Å². The molecule has 7 heteroatoms. The number of fused-ring (bicyclic) bond motifs is 1. The SMILES string of the molecule is C=CCc1ccccc1OCCn1c(CNC(=O)COc2ccc(Cl)cc2)nc2ccccc21. The van der Waals surface area contributed by atoms with Crippen molar-refractivity contribution >= 4 is 28.5 Å². The van der Waals surface area contributed by atoms with Crippen LogP contribution in [0.3, 0.4) is 0 Å². The highest BCUT2D eigenvalue weighted by Crippen LogP contribution is 2.20. The molecule has 0 bridgehead atoms. The molecule has 1 aromatic heterocycles.